The molecule has 96 valence electrons. The van der Waals surface area contributed by atoms with E-state index in [2.05, 4.69) is 5.10 Å². The topological polar surface area (TPSA) is 62.3 Å². The van der Waals surface area contributed by atoms with Gasteiger partial charge in [0.25, 0.3) is 0 Å². The Kier molecular flexibility index (Phi) is 4.15. The molecule has 1 fully saturated rings. The lowest BCUT2D eigenvalue weighted by Crippen LogP contribution is -2.48. The van der Waals surface area contributed by atoms with Gasteiger partial charge in [-0.15, -0.1) is 0 Å². The first-order valence-corrected chi connectivity index (χ1v) is 6.13. The first kappa shape index (κ1) is 12.5. The molecule has 0 radical (unpaired) electrons. The average molecular weight is 239 g/mol. The molecule has 0 amide bonds. The first-order chi connectivity index (χ1) is 8.24. The SMILES string of the molecule is Cn1cc(CCOC2(CN)CCCOC2)cn1. The molecular weight excluding hydrogens is 218 g/mol. The van der Waals surface area contributed by atoms with Crippen LogP contribution in [-0.2, 0) is 22.9 Å². The Balaban J connectivity index is 1.79. The highest BCUT2D eigenvalue weighted by Crippen LogP contribution is 2.22. The second-order valence-corrected chi connectivity index (χ2v) is 4.66. The molecule has 1 aliphatic rings. The molecule has 0 saturated carbocycles. The molecule has 1 aromatic heterocycles. The Labute approximate surface area is 102 Å². The van der Waals surface area contributed by atoms with Gasteiger partial charge in [0, 0.05) is 26.4 Å². The number of nitrogens with two attached hydrogens (primary N) is 1. The van der Waals surface area contributed by atoms with Crippen molar-refractivity contribution in [3.8, 4) is 0 Å². The van der Waals surface area contributed by atoms with Crippen LogP contribution in [0, 0.1) is 0 Å². The summed E-state index contributed by atoms with van der Waals surface area (Å²) in [6.45, 7) is 2.65. The van der Waals surface area contributed by atoms with E-state index in [1.165, 1.54) is 5.56 Å². The third-order valence-corrected chi connectivity index (χ3v) is 3.22. The lowest BCUT2D eigenvalue weighted by Gasteiger charge is -2.35. The molecule has 2 heterocycles. The van der Waals surface area contributed by atoms with Crippen LogP contribution in [0.5, 0.6) is 0 Å². The smallest absolute Gasteiger partial charge is 0.104 e. The predicted octanol–water partition coefficient (Wildman–Crippen LogP) is 0.487. The van der Waals surface area contributed by atoms with E-state index in [0.717, 1.165) is 25.9 Å². The Hall–Kier alpha value is -0.910. The van der Waals surface area contributed by atoms with Gasteiger partial charge in [-0.3, -0.25) is 4.68 Å². The summed E-state index contributed by atoms with van der Waals surface area (Å²) in [4.78, 5) is 0. The van der Waals surface area contributed by atoms with Crippen molar-refractivity contribution in [2.75, 3.05) is 26.4 Å². The van der Waals surface area contributed by atoms with Gasteiger partial charge in [0.1, 0.15) is 5.60 Å². The Morgan fingerprint density at radius 2 is 2.53 bits per heavy atom. The van der Waals surface area contributed by atoms with E-state index < -0.39 is 0 Å². The van der Waals surface area contributed by atoms with Gasteiger partial charge >= 0.3 is 0 Å². The van der Waals surface area contributed by atoms with Crippen molar-refractivity contribution < 1.29 is 9.47 Å². The third-order valence-electron chi connectivity index (χ3n) is 3.22. The van der Waals surface area contributed by atoms with E-state index in [-0.39, 0.29) is 5.60 Å². The lowest BCUT2D eigenvalue weighted by molar-refractivity contribution is -0.122. The van der Waals surface area contributed by atoms with Crippen molar-refractivity contribution in [2.45, 2.75) is 24.9 Å². The second kappa shape index (κ2) is 5.62. The van der Waals surface area contributed by atoms with Crippen LogP contribution in [0.15, 0.2) is 12.4 Å². The molecular formula is C12H21N3O2. The van der Waals surface area contributed by atoms with Crippen molar-refractivity contribution in [1.29, 1.82) is 0 Å². The van der Waals surface area contributed by atoms with E-state index in [4.69, 9.17) is 15.2 Å². The third kappa shape index (κ3) is 3.28. The monoisotopic (exact) mass is 239 g/mol. The average Bonchev–Trinajstić information content (AvgIpc) is 2.76. The molecule has 1 saturated heterocycles. The van der Waals surface area contributed by atoms with Crippen LogP contribution in [0.25, 0.3) is 0 Å². The molecule has 5 nitrogen and oxygen atoms in total. The number of hydrogen-bond acceptors (Lipinski definition) is 4. The van der Waals surface area contributed by atoms with Crippen LogP contribution < -0.4 is 5.73 Å². The first-order valence-electron chi connectivity index (χ1n) is 6.13. The summed E-state index contributed by atoms with van der Waals surface area (Å²) in [6, 6.07) is 0. The highest BCUT2D eigenvalue weighted by Gasteiger charge is 2.32. The Bertz CT molecular complexity index is 345. The van der Waals surface area contributed by atoms with Crippen LogP contribution in [0.2, 0.25) is 0 Å². The van der Waals surface area contributed by atoms with Crippen LogP contribution in [0.1, 0.15) is 18.4 Å². The molecule has 0 spiro atoms. The fraction of sp³-hybridized carbons (Fsp3) is 0.750. The van der Waals surface area contributed by atoms with E-state index in [0.29, 0.717) is 19.8 Å². The van der Waals surface area contributed by atoms with Crippen LogP contribution >= 0.6 is 0 Å². The molecule has 1 atom stereocenters. The maximum atomic E-state index is 5.95. The summed E-state index contributed by atoms with van der Waals surface area (Å²) in [7, 11) is 1.92. The van der Waals surface area contributed by atoms with E-state index in [1.807, 2.05) is 19.4 Å². The Morgan fingerprint density at radius 3 is 3.12 bits per heavy atom. The summed E-state index contributed by atoms with van der Waals surface area (Å²) < 4.78 is 13.2. The quantitative estimate of drug-likeness (QED) is 0.812. The van der Waals surface area contributed by atoms with E-state index >= 15 is 0 Å². The van der Waals surface area contributed by atoms with Crippen molar-refractivity contribution >= 4 is 0 Å². The molecule has 0 bridgehead atoms. The molecule has 0 aromatic carbocycles. The zero-order chi connectivity index (χ0) is 12.1. The maximum Gasteiger partial charge on any atom is 0.104 e. The summed E-state index contributed by atoms with van der Waals surface area (Å²) >= 11 is 0. The van der Waals surface area contributed by atoms with Crippen molar-refractivity contribution in [3.05, 3.63) is 18.0 Å². The molecule has 2 N–H and O–H groups in total. The van der Waals surface area contributed by atoms with Crippen molar-refractivity contribution in [2.24, 2.45) is 12.8 Å². The summed E-state index contributed by atoms with van der Waals surface area (Å²) in [6.07, 6.45) is 6.78. The molecule has 17 heavy (non-hydrogen) atoms. The predicted molar refractivity (Wildman–Crippen MR) is 64.7 cm³/mol. The minimum absolute atomic E-state index is 0.263. The standard InChI is InChI=1S/C12H21N3O2/c1-15-8-11(7-14-15)3-6-17-12(9-13)4-2-5-16-10-12/h7-8H,2-6,9-10,13H2,1H3. The number of rotatable bonds is 5. The number of hydrogen-bond donors (Lipinski definition) is 1. The summed E-state index contributed by atoms with van der Waals surface area (Å²) in [5.41, 5.74) is 6.73. The summed E-state index contributed by atoms with van der Waals surface area (Å²) in [5.74, 6) is 0. The fourth-order valence-corrected chi connectivity index (χ4v) is 2.15. The molecule has 5 heteroatoms. The van der Waals surface area contributed by atoms with Gasteiger partial charge in [-0.05, 0) is 24.8 Å². The molecule has 1 aromatic rings. The molecule has 1 unspecified atom stereocenters. The number of nitrogens with zero attached hydrogens (tertiary/aromatic N) is 2. The highest BCUT2D eigenvalue weighted by atomic mass is 16.5. The van der Waals surface area contributed by atoms with Crippen molar-refractivity contribution in [3.63, 3.8) is 0 Å². The van der Waals surface area contributed by atoms with Gasteiger partial charge in [0.05, 0.1) is 19.4 Å². The Morgan fingerprint density at radius 1 is 1.65 bits per heavy atom. The number of aryl methyl sites for hydroxylation is 1. The minimum atomic E-state index is -0.263. The fourth-order valence-electron chi connectivity index (χ4n) is 2.15. The number of ether oxygens (including phenoxy) is 2. The zero-order valence-electron chi connectivity index (χ0n) is 10.4. The summed E-state index contributed by atoms with van der Waals surface area (Å²) in [5, 5.41) is 4.13. The van der Waals surface area contributed by atoms with E-state index in [9.17, 15) is 0 Å². The van der Waals surface area contributed by atoms with E-state index in [1.54, 1.807) is 4.68 Å². The largest absolute Gasteiger partial charge is 0.378 e. The van der Waals surface area contributed by atoms with Gasteiger partial charge in [0.15, 0.2) is 0 Å². The molecule has 1 aliphatic heterocycles. The number of aromatic nitrogens is 2. The van der Waals surface area contributed by atoms with Gasteiger partial charge in [-0.1, -0.05) is 0 Å². The zero-order valence-corrected chi connectivity index (χ0v) is 10.4. The van der Waals surface area contributed by atoms with Gasteiger partial charge < -0.3 is 15.2 Å². The second-order valence-electron chi connectivity index (χ2n) is 4.66. The van der Waals surface area contributed by atoms with Crippen LogP contribution in [-0.4, -0.2) is 41.7 Å². The minimum Gasteiger partial charge on any atom is -0.378 e. The molecule has 0 aliphatic carbocycles. The van der Waals surface area contributed by atoms with Crippen molar-refractivity contribution in [1.82, 2.24) is 9.78 Å². The molecule has 2 rings (SSSR count). The van der Waals surface area contributed by atoms with Gasteiger partial charge in [0.2, 0.25) is 0 Å². The normalized spacial score (nSPS) is 25.1. The maximum absolute atomic E-state index is 5.95. The van der Waals surface area contributed by atoms with Gasteiger partial charge in [-0.25, -0.2) is 0 Å². The van der Waals surface area contributed by atoms with Crippen LogP contribution in [0.3, 0.4) is 0 Å². The lowest BCUT2D eigenvalue weighted by atomic mass is 9.96. The van der Waals surface area contributed by atoms with Crippen LogP contribution in [0.4, 0.5) is 0 Å². The van der Waals surface area contributed by atoms with Gasteiger partial charge in [-0.2, -0.15) is 5.10 Å². The highest BCUT2D eigenvalue weighted by molar-refractivity contribution is 5.03.